The maximum atomic E-state index is 13.0. The number of halogens is 1. The Kier molecular flexibility index (Phi) is 3.38. The third kappa shape index (κ3) is 3.03. The Morgan fingerprint density at radius 3 is 2.53 bits per heavy atom. The van der Waals surface area contributed by atoms with E-state index in [1.165, 1.54) is 28.5 Å². The minimum atomic E-state index is -0.381. The van der Waals surface area contributed by atoms with Crippen molar-refractivity contribution in [3.8, 4) is 0 Å². The first-order valence-electron chi connectivity index (χ1n) is 5.57. The third-order valence-corrected chi connectivity index (χ3v) is 2.71. The topological polar surface area (TPSA) is 22.0 Å². The van der Waals surface area contributed by atoms with Gasteiger partial charge in [0.15, 0.2) is 0 Å². The van der Waals surface area contributed by atoms with Crippen LogP contribution in [0.15, 0.2) is 47.4 Å². The molecule has 1 aromatic heterocycles. The fourth-order valence-corrected chi connectivity index (χ4v) is 1.68. The van der Waals surface area contributed by atoms with Crippen LogP contribution in [-0.2, 0) is 13.0 Å². The molecule has 0 aliphatic rings. The molecular weight excluding hydrogens is 217 g/mol. The van der Waals surface area contributed by atoms with Crippen LogP contribution in [0, 0.1) is 12.7 Å². The quantitative estimate of drug-likeness (QED) is 0.795. The molecule has 0 atom stereocenters. The van der Waals surface area contributed by atoms with Crippen molar-refractivity contribution in [2.75, 3.05) is 0 Å². The van der Waals surface area contributed by atoms with Crippen molar-refractivity contribution in [2.24, 2.45) is 0 Å². The zero-order valence-corrected chi connectivity index (χ0v) is 9.69. The summed E-state index contributed by atoms with van der Waals surface area (Å²) in [5.74, 6) is -0.381. The van der Waals surface area contributed by atoms with Crippen LogP contribution in [0.4, 0.5) is 4.39 Å². The Morgan fingerprint density at radius 1 is 1.12 bits per heavy atom. The van der Waals surface area contributed by atoms with E-state index in [1.807, 2.05) is 31.2 Å². The van der Waals surface area contributed by atoms with Crippen LogP contribution >= 0.6 is 0 Å². The van der Waals surface area contributed by atoms with Crippen molar-refractivity contribution in [1.29, 1.82) is 0 Å². The summed E-state index contributed by atoms with van der Waals surface area (Å²) in [6.07, 6.45) is 1.97. The summed E-state index contributed by atoms with van der Waals surface area (Å²) in [4.78, 5) is 11.4. The average molecular weight is 231 g/mol. The van der Waals surface area contributed by atoms with Gasteiger partial charge < -0.3 is 4.57 Å². The minimum absolute atomic E-state index is 0.168. The van der Waals surface area contributed by atoms with Crippen LogP contribution in [0.5, 0.6) is 0 Å². The third-order valence-electron chi connectivity index (χ3n) is 2.71. The van der Waals surface area contributed by atoms with Gasteiger partial charge in [-0.3, -0.25) is 4.79 Å². The summed E-state index contributed by atoms with van der Waals surface area (Å²) in [7, 11) is 0. The molecule has 0 saturated heterocycles. The number of benzene rings is 1. The van der Waals surface area contributed by atoms with E-state index in [1.54, 1.807) is 0 Å². The molecule has 1 heterocycles. The number of rotatable bonds is 3. The van der Waals surface area contributed by atoms with E-state index in [-0.39, 0.29) is 11.4 Å². The molecule has 0 saturated carbocycles. The van der Waals surface area contributed by atoms with Gasteiger partial charge in [0.2, 0.25) is 0 Å². The van der Waals surface area contributed by atoms with Crippen molar-refractivity contribution < 1.29 is 4.39 Å². The minimum Gasteiger partial charge on any atom is -0.312 e. The molecular formula is C14H14FNO. The fourth-order valence-electron chi connectivity index (χ4n) is 1.68. The summed E-state index contributed by atoms with van der Waals surface area (Å²) >= 11 is 0. The summed E-state index contributed by atoms with van der Waals surface area (Å²) in [5.41, 5.74) is 2.18. The van der Waals surface area contributed by atoms with E-state index < -0.39 is 0 Å². The lowest BCUT2D eigenvalue weighted by atomic mass is 10.1. The number of nitrogens with zero attached hydrogens (tertiary/aromatic N) is 1. The van der Waals surface area contributed by atoms with Crippen LogP contribution in [0.2, 0.25) is 0 Å². The molecule has 2 nitrogen and oxygen atoms in total. The highest BCUT2D eigenvalue weighted by Gasteiger charge is 1.99. The molecule has 0 N–H and O–H groups in total. The molecule has 2 aromatic rings. The van der Waals surface area contributed by atoms with Gasteiger partial charge in [0.1, 0.15) is 5.82 Å². The molecule has 0 bridgehead atoms. The van der Waals surface area contributed by atoms with E-state index >= 15 is 0 Å². The predicted molar refractivity (Wildman–Crippen MR) is 65.5 cm³/mol. The van der Waals surface area contributed by atoms with Crippen LogP contribution in [-0.4, -0.2) is 4.57 Å². The number of pyridine rings is 1. The normalized spacial score (nSPS) is 10.5. The van der Waals surface area contributed by atoms with E-state index in [0.717, 1.165) is 12.0 Å². The molecule has 88 valence electrons. The highest BCUT2D eigenvalue weighted by Crippen LogP contribution is 2.04. The Labute approximate surface area is 99.3 Å². The van der Waals surface area contributed by atoms with Gasteiger partial charge in [0.05, 0.1) is 0 Å². The van der Waals surface area contributed by atoms with E-state index in [9.17, 15) is 9.18 Å². The Balaban J connectivity index is 2.09. The van der Waals surface area contributed by atoms with Crippen LogP contribution in [0.3, 0.4) is 0 Å². The van der Waals surface area contributed by atoms with Gasteiger partial charge in [-0.25, -0.2) is 4.39 Å². The first-order chi connectivity index (χ1) is 8.15. The summed E-state index contributed by atoms with van der Waals surface area (Å²) in [6, 6.07) is 10.6. The maximum absolute atomic E-state index is 13.0. The smallest absolute Gasteiger partial charge is 0.250 e. The van der Waals surface area contributed by atoms with Crippen LogP contribution in [0.1, 0.15) is 11.1 Å². The second-order valence-corrected chi connectivity index (χ2v) is 4.11. The van der Waals surface area contributed by atoms with Crippen molar-refractivity contribution in [1.82, 2.24) is 4.57 Å². The maximum Gasteiger partial charge on any atom is 0.250 e. The van der Waals surface area contributed by atoms with E-state index in [0.29, 0.717) is 6.54 Å². The molecule has 2 rings (SSSR count). The molecule has 0 unspecified atom stereocenters. The van der Waals surface area contributed by atoms with Gasteiger partial charge in [0, 0.05) is 18.8 Å². The lowest BCUT2D eigenvalue weighted by Gasteiger charge is -2.05. The van der Waals surface area contributed by atoms with Crippen LogP contribution < -0.4 is 5.56 Å². The largest absolute Gasteiger partial charge is 0.312 e. The van der Waals surface area contributed by atoms with Gasteiger partial charge >= 0.3 is 0 Å². The summed E-state index contributed by atoms with van der Waals surface area (Å²) < 4.78 is 14.4. The standard InChI is InChI=1S/C14H14FNO/c1-11-2-4-12(5-3-11)8-9-16-10-13(15)6-7-14(16)17/h2-7,10H,8-9H2,1H3. The molecule has 17 heavy (non-hydrogen) atoms. The van der Waals surface area contributed by atoms with Gasteiger partial charge in [-0.1, -0.05) is 29.8 Å². The average Bonchev–Trinajstić information content (AvgIpc) is 2.32. The molecule has 0 fully saturated rings. The Hall–Kier alpha value is -1.90. The molecule has 1 aromatic carbocycles. The number of hydrogen-bond donors (Lipinski definition) is 0. The second kappa shape index (κ2) is 4.95. The van der Waals surface area contributed by atoms with Gasteiger partial charge in [-0.05, 0) is 25.0 Å². The zero-order chi connectivity index (χ0) is 12.3. The molecule has 0 aliphatic carbocycles. The molecule has 0 radical (unpaired) electrons. The molecule has 0 spiro atoms. The highest BCUT2D eigenvalue weighted by atomic mass is 19.1. The molecule has 3 heteroatoms. The number of aromatic nitrogens is 1. The molecule has 0 amide bonds. The lowest BCUT2D eigenvalue weighted by molar-refractivity contribution is 0.579. The Bertz CT molecular complexity index is 557. The summed E-state index contributed by atoms with van der Waals surface area (Å²) in [6.45, 7) is 2.53. The van der Waals surface area contributed by atoms with E-state index in [2.05, 4.69) is 0 Å². The predicted octanol–water partition coefficient (Wildman–Crippen LogP) is 2.54. The SMILES string of the molecule is Cc1ccc(CCn2cc(F)ccc2=O)cc1. The summed E-state index contributed by atoms with van der Waals surface area (Å²) in [5, 5.41) is 0. The van der Waals surface area contributed by atoms with Crippen LogP contribution in [0.25, 0.3) is 0 Å². The van der Waals surface area contributed by atoms with Crippen molar-refractivity contribution in [2.45, 2.75) is 19.9 Å². The number of hydrogen-bond acceptors (Lipinski definition) is 1. The van der Waals surface area contributed by atoms with Gasteiger partial charge in [0.25, 0.3) is 5.56 Å². The van der Waals surface area contributed by atoms with E-state index in [4.69, 9.17) is 0 Å². The van der Waals surface area contributed by atoms with Crippen molar-refractivity contribution in [3.05, 3.63) is 69.9 Å². The first kappa shape index (κ1) is 11.6. The van der Waals surface area contributed by atoms with Gasteiger partial charge in [-0.15, -0.1) is 0 Å². The fraction of sp³-hybridized carbons (Fsp3) is 0.214. The number of aryl methyl sites for hydroxylation is 3. The van der Waals surface area contributed by atoms with Crippen molar-refractivity contribution in [3.63, 3.8) is 0 Å². The monoisotopic (exact) mass is 231 g/mol. The second-order valence-electron chi connectivity index (χ2n) is 4.11. The zero-order valence-electron chi connectivity index (χ0n) is 9.69. The lowest BCUT2D eigenvalue weighted by Crippen LogP contribution is -2.19. The molecule has 0 aliphatic heterocycles. The van der Waals surface area contributed by atoms with Crippen molar-refractivity contribution >= 4 is 0 Å². The van der Waals surface area contributed by atoms with Gasteiger partial charge in [-0.2, -0.15) is 0 Å². The first-order valence-corrected chi connectivity index (χ1v) is 5.57. The Morgan fingerprint density at radius 2 is 1.82 bits per heavy atom. The highest BCUT2D eigenvalue weighted by molar-refractivity contribution is 5.21.